The minimum Gasteiger partial charge on any atom is -0.405 e. The van der Waals surface area contributed by atoms with Gasteiger partial charge in [-0.05, 0) is 49.0 Å². The van der Waals surface area contributed by atoms with Crippen LogP contribution in [0.25, 0.3) is 0 Å². The van der Waals surface area contributed by atoms with Crippen LogP contribution in [0.1, 0.15) is 13.3 Å². The molecule has 0 saturated carbocycles. The van der Waals surface area contributed by atoms with Crippen molar-refractivity contribution >= 4 is 23.3 Å². The molecule has 7 heteroatoms. The summed E-state index contributed by atoms with van der Waals surface area (Å²) in [6.45, 7) is 5.66. The number of halogens is 1. The lowest BCUT2D eigenvalue weighted by molar-refractivity contribution is 0.594. The molecule has 0 saturated heterocycles. The number of hydrogen-bond acceptors (Lipinski definition) is 6. The molecule has 1 heterocycles. The Hall–Kier alpha value is -2.51. The van der Waals surface area contributed by atoms with Crippen LogP contribution in [-0.4, -0.2) is 12.1 Å². The fraction of sp³-hybridized carbons (Fsp3) is 0.167. The molecule has 1 aromatic rings. The first-order chi connectivity index (χ1) is 12.0. The highest BCUT2D eigenvalue weighted by Crippen LogP contribution is 2.31. The van der Waals surface area contributed by atoms with Crippen molar-refractivity contribution in [2.24, 2.45) is 16.5 Å². The zero-order chi connectivity index (χ0) is 18.2. The zero-order valence-corrected chi connectivity index (χ0v) is 14.8. The van der Waals surface area contributed by atoms with Gasteiger partial charge < -0.3 is 16.4 Å². The second-order valence-corrected chi connectivity index (χ2v) is 6.28. The van der Waals surface area contributed by atoms with E-state index in [2.05, 4.69) is 22.2 Å². The molecule has 0 fully saturated rings. The molecule has 5 nitrogen and oxygen atoms in total. The summed E-state index contributed by atoms with van der Waals surface area (Å²) in [5.41, 5.74) is 12.8. The highest BCUT2D eigenvalue weighted by Gasteiger charge is 2.12. The topological polar surface area (TPSA) is 88.5 Å². The van der Waals surface area contributed by atoms with Crippen LogP contribution >= 0.6 is 11.8 Å². The molecule has 0 radical (unpaired) electrons. The van der Waals surface area contributed by atoms with E-state index in [1.807, 2.05) is 13.0 Å². The van der Waals surface area contributed by atoms with Gasteiger partial charge in [0.25, 0.3) is 0 Å². The summed E-state index contributed by atoms with van der Waals surface area (Å²) in [7, 11) is 0. The molecule has 0 spiro atoms. The minimum atomic E-state index is -0.503. The predicted molar refractivity (Wildman–Crippen MR) is 104 cm³/mol. The summed E-state index contributed by atoms with van der Waals surface area (Å²) < 4.78 is 14.4. The van der Waals surface area contributed by atoms with Crippen molar-refractivity contribution in [2.75, 3.05) is 5.32 Å². The van der Waals surface area contributed by atoms with Crippen LogP contribution in [0.15, 0.2) is 75.8 Å². The van der Waals surface area contributed by atoms with E-state index in [0.717, 1.165) is 17.0 Å². The molecule has 6 N–H and O–H groups in total. The number of amidine groups is 1. The average molecular weight is 359 g/mol. The van der Waals surface area contributed by atoms with Crippen LogP contribution in [0.3, 0.4) is 0 Å². The van der Waals surface area contributed by atoms with Crippen LogP contribution in [0.2, 0.25) is 0 Å². The lowest BCUT2D eigenvalue weighted by Gasteiger charge is -2.20. The second-order valence-electron chi connectivity index (χ2n) is 5.16. The average Bonchev–Trinajstić information content (AvgIpc) is 2.57. The van der Waals surface area contributed by atoms with Gasteiger partial charge in [0.1, 0.15) is 11.7 Å². The number of benzene rings is 1. The van der Waals surface area contributed by atoms with Crippen molar-refractivity contribution in [3.63, 3.8) is 0 Å². The lowest BCUT2D eigenvalue weighted by atomic mass is 10.2. The molecule has 132 valence electrons. The van der Waals surface area contributed by atoms with Gasteiger partial charge in [0, 0.05) is 21.2 Å². The third kappa shape index (κ3) is 5.51. The Morgan fingerprint density at radius 2 is 2.32 bits per heavy atom. The van der Waals surface area contributed by atoms with Crippen molar-refractivity contribution in [1.82, 2.24) is 5.32 Å². The van der Waals surface area contributed by atoms with E-state index in [0.29, 0.717) is 16.4 Å². The van der Waals surface area contributed by atoms with Crippen LogP contribution in [0.4, 0.5) is 10.1 Å². The smallest absolute Gasteiger partial charge is 0.173 e. The first-order valence-corrected chi connectivity index (χ1v) is 8.63. The van der Waals surface area contributed by atoms with E-state index in [-0.39, 0.29) is 5.82 Å². The number of nitrogens with two attached hydrogens (primary N) is 2. The molecule has 0 aliphatic carbocycles. The summed E-state index contributed by atoms with van der Waals surface area (Å²) >= 11 is 1.27. The van der Waals surface area contributed by atoms with Gasteiger partial charge in [-0.2, -0.15) is 0 Å². The van der Waals surface area contributed by atoms with Crippen LogP contribution in [0.5, 0.6) is 0 Å². The number of nitrogens with one attached hydrogen (secondary N) is 2. The summed E-state index contributed by atoms with van der Waals surface area (Å²) in [5.74, 6) is 0.259. The van der Waals surface area contributed by atoms with Gasteiger partial charge in [-0.25, -0.2) is 9.38 Å². The maximum absolute atomic E-state index is 14.4. The first kappa shape index (κ1) is 18.8. The largest absolute Gasteiger partial charge is 0.405 e. The quantitative estimate of drug-likeness (QED) is 0.462. The molecule has 1 aliphatic heterocycles. The lowest BCUT2D eigenvalue weighted by Crippen LogP contribution is -2.39. The van der Waals surface area contributed by atoms with Gasteiger partial charge in [0.15, 0.2) is 6.29 Å². The van der Waals surface area contributed by atoms with E-state index < -0.39 is 6.29 Å². The molecule has 2 rings (SSSR count). The number of anilines is 1. The van der Waals surface area contributed by atoms with E-state index in [9.17, 15) is 4.39 Å². The third-order valence-corrected chi connectivity index (χ3v) is 4.34. The SMILES string of the molecule is C=C/C=C(\C=C/N)Sc1ccc(NC2=NC(N)NC(CC)=C2)cc1F. The Balaban J connectivity index is 2.15. The van der Waals surface area contributed by atoms with E-state index in [1.54, 1.807) is 30.4 Å². The normalized spacial score (nSPS) is 17.7. The van der Waals surface area contributed by atoms with Gasteiger partial charge in [-0.1, -0.05) is 31.3 Å². The molecule has 1 unspecified atom stereocenters. The maximum Gasteiger partial charge on any atom is 0.173 e. The molecule has 25 heavy (non-hydrogen) atoms. The molecule has 0 aromatic heterocycles. The van der Waals surface area contributed by atoms with E-state index in [1.165, 1.54) is 24.0 Å². The van der Waals surface area contributed by atoms with Gasteiger partial charge >= 0.3 is 0 Å². The number of rotatable bonds is 6. The highest BCUT2D eigenvalue weighted by atomic mass is 32.2. The Morgan fingerprint density at radius 3 is 2.96 bits per heavy atom. The Morgan fingerprint density at radius 1 is 1.52 bits per heavy atom. The fourth-order valence-corrected chi connectivity index (χ4v) is 3.02. The molecular weight excluding hydrogens is 337 g/mol. The predicted octanol–water partition coefficient (Wildman–Crippen LogP) is 3.41. The Labute approximate surface area is 151 Å². The van der Waals surface area contributed by atoms with Crippen molar-refractivity contribution < 1.29 is 4.39 Å². The van der Waals surface area contributed by atoms with Crippen LogP contribution in [0, 0.1) is 5.82 Å². The van der Waals surface area contributed by atoms with Crippen molar-refractivity contribution in [3.05, 3.63) is 71.7 Å². The molecule has 1 atom stereocenters. The summed E-state index contributed by atoms with van der Waals surface area (Å²) in [6, 6.07) is 4.92. The molecule has 0 amide bonds. The van der Waals surface area contributed by atoms with Gasteiger partial charge in [0.2, 0.25) is 0 Å². The zero-order valence-electron chi connectivity index (χ0n) is 14.0. The standard InChI is InChI=1S/C18H22FN5S/c1-3-5-14(8-9-20)25-16-7-6-13(10-15(16)19)22-17-11-12(4-2)23-18(21)24-17/h3,5-11,18,23H,1,4,20-21H2,2H3,(H,22,24)/b9-8-,14-5+. The number of allylic oxidation sites excluding steroid dienone is 4. The monoisotopic (exact) mass is 359 g/mol. The summed E-state index contributed by atoms with van der Waals surface area (Å²) in [4.78, 5) is 5.53. The Bertz CT molecular complexity index is 752. The molecule has 1 aromatic carbocycles. The van der Waals surface area contributed by atoms with E-state index in [4.69, 9.17) is 11.5 Å². The molecular formula is C18H22FN5S. The minimum absolute atomic E-state index is 0.339. The van der Waals surface area contributed by atoms with Gasteiger partial charge in [-0.15, -0.1) is 0 Å². The Kier molecular flexibility index (Phi) is 6.85. The first-order valence-electron chi connectivity index (χ1n) is 7.81. The highest BCUT2D eigenvalue weighted by molar-refractivity contribution is 8.03. The van der Waals surface area contributed by atoms with Crippen molar-refractivity contribution in [1.29, 1.82) is 0 Å². The van der Waals surface area contributed by atoms with Gasteiger partial charge in [0.05, 0.1) is 0 Å². The fourth-order valence-electron chi connectivity index (χ4n) is 2.16. The number of nitrogens with zero attached hydrogens (tertiary/aromatic N) is 1. The number of thioether (sulfide) groups is 1. The maximum atomic E-state index is 14.4. The van der Waals surface area contributed by atoms with Gasteiger partial charge in [-0.3, -0.25) is 5.73 Å². The van der Waals surface area contributed by atoms with Crippen LogP contribution in [-0.2, 0) is 0 Å². The van der Waals surface area contributed by atoms with Crippen molar-refractivity contribution in [3.8, 4) is 0 Å². The second kappa shape index (κ2) is 9.10. The summed E-state index contributed by atoms with van der Waals surface area (Å²) in [5, 5.41) is 6.14. The number of aliphatic imine (C=N–C) groups is 1. The molecule has 0 bridgehead atoms. The molecule has 1 aliphatic rings. The number of hydrogen-bond donors (Lipinski definition) is 4. The van der Waals surface area contributed by atoms with Crippen LogP contribution < -0.4 is 22.1 Å². The third-order valence-electron chi connectivity index (χ3n) is 3.28. The van der Waals surface area contributed by atoms with E-state index >= 15 is 0 Å². The van der Waals surface area contributed by atoms with Crippen molar-refractivity contribution in [2.45, 2.75) is 24.5 Å². The summed E-state index contributed by atoms with van der Waals surface area (Å²) in [6.07, 6.45) is 8.67.